The van der Waals surface area contributed by atoms with E-state index in [0.717, 1.165) is 25.7 Å². The SMILES string of the molecule is Cn1cc([C@H]2CC[C@@H](O)CC2)cn1. The van der Waals surface area contributed by atoms with E-state index in [9.17, 15) is 5.11 Å². The Kier molecular flexibility index (Phi) is 2.36. The van der Waals surface area contributed by atoms with Crippen LogP contribution in [0, 0.1) is 0 Å². The highest BCUT2D eigenvalue weighted by Gasteiger charge is 2.21. The van der Waals surface area contributed by atoms with E-state index in [-0.39, 0.29) is 6.10 Å². The van der Waals surface area contributed by atoms with Crippen LogP contribution in [-0.4, -0.2) is 21.0 Å². The maximum absolute atomic E-state index is 9.36. The molecule has 0 spiro atoms. The van der Waals surface area contributed by atoms with E-state index < -0.39 is 0 Å². The van der Waals surface area contributed by atoms with E-state index in [0.29, 0.717) is 5.92 Å². The second-order valence-electron chi connectivity index (χ2n) is 3.95. The van der Waals surface area contributed by atoms with Crippen LogP contribution in [0.5, 0.6) is 0 Å². The Hall–Kier alpha value is -0.830. The predicted molar refractivity (Wildman–Crippen MR) is 50.4 cm³/mol. The Labute approximate surface area is 78.4 Å². The third-order valence-corrected chi connectivity index (χ3v) is 2.89. The molecule has 1 heterocycles. The molecule has 1 aliphatic rings. The average molecular weight is 180 g/mol. The van der Waals surface area contributed by atoms with Gasteiger partial charge in [0.05, 0.1) is 12.3 Å². The van der Waals surface area contributed by atoms with E-state index in [4.69, 9.17) is 0 Å². The fourth-order valence-electron chi connectivity index (χ4n) is 2.06. The van der Waals surface area contributed by atoms with Crippen molar-refractivity contribution in [3.8, 4) is 0 Å². The number of nitrogens with zero attached hydrogens (tertiary/aromatic N) is 2. The highest BCUT2D eigenvalue weighted by molar-refractivity contribution is 5.11. The lowest BCUT2D eigenvalue weighted by Crippen LogP contribution is -2.16. The molecule has 1 aromatic heterocycles. The van der Waals surface area contributed by atoms with Gasteiger partial charge in [-0.15, -0.1) is 0 Å². The molecular weight excluding hydrogens is 164 g/mol. The van der Waals surface area contributed by atoms with Crippen molar-refractivity contribution in [3.05, 3.63) is 18.0 Å². The minimum Gasteiger partial charge on any atom is -0.393 e. The van der Waals surface area contributed by atoms with E-state index in [1.165, 1.54) is 5.56 Å². The number of aryl methyl sites for hydroxylation is 1. The fourth-order valence-corrected chi connectivity index (χ4v) is 2.06. The third-order valence-electron chi connectivity index (χ3n) is 2.89. The molecule has 1 aromatic rings. The summed E-state index contributed by atoms with van der Waals surface area (Å²) in [6.07, 6.45) is 8.07. The maximum atomic E-state index is 9.36. The minimum absolute atomic E-state index is 0.0621. The summed E-state index contributed by atoms with van der Waals surface area (Å²) < 4.78 is 1.85. The van der Waals surface area contributed by atoms with Gasteiger partial charge >= 0.3 is 0 Å². The summed E-state index contributed by atoms with van der Waals surface area (Å²) in [5.41, 5.74) is 1.33. The first-order chi connectivity index (χ1) is 6.25. The molecule has 72 valence electrons. The van der Waals surface area contributed by atoms with Crippen LogP contribution in [-0.2, 0) is 7.05 Å². The number of hydrogen-bond donors (Lipinski definition) is 1. The van der Waals surface area contributed by atoms with Crippen LogP contribution in [0.4, 0.5) is 0 Å². The van der Waals surface area contributed by atoms with Crippen molar-refractivity contribution in [1.29, 1.82) is 0 Å². The van der Waals surface area contributed by atoms with E-state index in [1.807, 2.05) is 17.9 Å². The molecule has 0 unspecified atom stereocenters. The molecule has 0 aromatic carbocycles. The van der Waals surface area contributed by atoms with Gasteiger partial charge in [0.2, 0.25) is 0 Å². The van der Waals surface area contributed by atoms with Crippen molar-refractivity contribution in [3.63, 3.8) is 0 Å². The summed E-state index contributed by atoms with van der Waals surface area (Å²) in [6, 6.07) is 0. The molecule has 0 bridgehead atoms. The summed E-state index contributed by atoms with van der Waals surface area (Å²) in [7, 11) is 1.95. The largest absolute Gasteiger partial charge is 0.393 e. The smallest absolute Gasteiger partial charge is 0.0540 e. The number of aliphatic hydroxyl groups excluding tert-OH is 1. The molecule has 0 saturated heterocycles. The first kappa shape index (κ1) is 8.75. The first-order valence-corrected chi connectivity index (χ1v) is 4.92. The van der Waals surface area contributed by atoms with Crippen molar-refractivity contribution >= 4 is 0 Å². The Morgan fingerprint density at radius 2 is 2.08 bits per heavy atom. The van der Waals surface area contributed by atoms with Gasteiger partial charge in [0, 0.05) is 13.2 Å². The molecular formula is C10H16N2O. The van der Waals surface area contributed by atoms with Gasteiger partial charge in [0.25, 0.3) is 0 Å². The van der Waals surface area contributed by atoms with Crippen LogP contribution in [0.1, 0.15) is 37.2 Å². The maximum Gasteiger partial charge on any atom is 0.0540 e. The Bertz CT molecular complexity index is 274. The molecule has 13 heavy (non-hydrogen) atoms. The van der Waals surface area contributed by atoms with Gasteiger partial charge < -0.3 is 5.11 Å². The van der Waals surface area contributed by atoms with E-state index in [1.54, 1.807) is 0 Å². The zero-order valence-corrected chi connectivity index (χ0v) is 7.98. The summed E-state index contributed by atoms with van der Waals surface area (Å²) in [4.78, 5) is 0. The summed E-state index contributed by atoms with van der Waals surface area (Å²) >= 11 is 0. The van der Waals surface area contributed by atoms with Gasteiger partial charge in [-0.2, -0.15) is 5.10 Å². The Morgan fingerprint density at radius 1 is 1.38 bits per heavy atom. The standard InChI is InChI=1S/C10H16N2O/c1-12-7-9(6-11-12)8-2-4-10(13)5-3-8/h6-8,10,13H,2-5H2,1H3/t8-,10+. The molecule has 3 heteroatoms. The van der Waals surface area contributed by atoms with Crippen LogP contribution in [0.2, 0.25) is 0 Å². The lowest BCUT2D eigenvalue weighted by atomic mass is 9.84. The van der Waals surface area contributed by atoms with Gasteiger partial charge in [0.15, 0.2) is 0 Å². The lowest BCUT2D eigenvalue weighted by molar-refractivity contribution is 0.122. The summed E-state index contributed by atoms with van der Waals surface area (Å²) in [5.74, 6) is 0.622. The van der Waals surface area contributed by atoms with Crippen LogP contribution >= 0.6 is 0 Å². The van der Waals surface area contributed by atoms with Crippen LogP contribution in [0.25, 0.3) is 0 Å². The van der Waals surface area contributed by atoms with Crippen molar-refractivity contribution in [2.24, 2.45) is 7.05 Å². The fraction of sp³-hybridized carbons (Fsp3) is 0.700. The zero-order valence-electron chi connectivity index (χ0n) is 7.98. The minimum atomic E-state index is -0.0621. The number of rotatable bonds is 1. The molecule has 1 saturated carbocycles. The topological polar surface area (TPSA) is 38.0 Å². The first-order valence-electron chi connectivity index (χ1n) is 4.92. The number of aromatic nitrogens is 2. The van der Waals surface area contributed by atoms with E-state index in [2.05, 4.69) is 11.3 Å². The lowest BCUT2D eigenvalue weighted by Gasteiger charge is -2.24. The Balaban J connectivity index is 2.02. The molecule has 1 fully saturated rings. The molecule has 0 radical (unpaired) electrons. The zero-order chi connectivity index (χ0) is 9.26. The van der Waals surface area contributed by atoms with Gasteiger partial charge in [-0.1, -0.05) is 0 Å². The summed E-state index contributed by atoms with van der Waals surface area (Å²) in [5, 5.41) is 13.5. The normalized spacial score (nSPS) is 29.1. The van der Waals surface area contributed by atoms with Crippen molar-refractivity contribution < 1.29 is 5.11 Å². The van der Waals surface area contributed by atoms with Crippen molar-refractivity contribution in [2.45, 2.75) is 37.7 Å². The predicted octanol–water partition coefficient (Wildman–Crippen LogP) is 1.44. The Morgan fingerprint density at radius 3 is 2.62 bits per heavy atom. The third kappa shape index (κ3) is 1.91. The van der Waals surface area contributed by atoms with Gasteiger partial charge in [-0.3, -0.25) is 4.68 Å². The van der Waals surface area contributed by atoms with Gasteiger partial charge in [0.1, 0.15) is 0 Å². The number of hydrogen-bond acceptors (Lipinski definition) is 2. The molecule has 0 amide bonds. The quantitative estimate of drug-likeness (QED) is 0.710. The molecule has 3 nitrogen and oxygen atoms in total. The van der Waals surface area contributed by atoms with Crippen LogP contribution in [0.3, 0.4) is 0 Å². The monoisotopic (exact) mass is 180 g/mol. The second-order valence-corrected chi connectivity index (χ2v) is 3.95. The molecule has 0 atom stereocenters. The average Bonchev–Trinajstić information content (AvgIpc) is 2.53. The van der Waals surface area contributed by atoms with E-state index >= 15 is 0 Å². The van der Waals surface area contributed by atoms with Gasteiger partial charge in [-0.25, -0.2) is 0 Å². The molecule has 1 aliphatic carbocycles. The highest BCUT2D eigenvalue weighted by atomic mass is 16.3. The molecule has 0 aliphatic heterocycles. The van der Waals surface area contributed by atoms with Crippen LogP contribution < -0.4 is 0 Å². The second kappa shape index (κ2) is 3.50. The van der Waals surface area contributed by atoms with Gasteiger partial charge in [-0.05, 0) is 37.2 Å². The van der Waals surface area contributed by atoms with Crippen LogP contribution in [0.15, 0.2) is 12.4 Å². The highest BCUT2D eigenvalue weighted by Crippen LogP contribution is 2.32. The number of aliphatic hydroxyl groups is 1. The molecule has 1 N–H and O–H groups in total. The van der Waals surface area contributed by atoms with Crippen molar-refractivity contribution in [1.82, 2.24) is 9.78 Å². The van der Waals surface area contributed by atoms with Crippen molar-refractivity contribution in [2.75, 3.05) is 0 Å². The molecule has 2 rings (SSSR count). The summed E-state index contributed by atoms with van der Waals surface area (Å²) in [6.45, 7) is 0.